The summed E-state index contributed by atoms with van der Waals surface area (Å²) in [5, 5.41) is 4.32. The molecule has 3 aromatic carbocycles. The van der Waals surface area contributed by atoms with E-state index in [1.165, 1.54) is 26.5 Å². The molecule has 10 heteroatoms. The number of methoxy groups -OCH3 is 2. The molecule has 0 fully saturated rings. The third kappa shape index (κ3) is 6.72. The van der Waals surface area contributed by atoms with Crippen molar-refractivity contribution >= 4 is 45.6 Å². The molecule has 0 aliphatic carbocycles. The number of nitrogens with zero attached hydrogens (tertiary/aromatic N) is 1. The first-order valence-corrected chi connectivity index (χ1v) is 11.0. The maximum atomic E-state index is 12.7. The number of rotatable bonds is 9. The van der Waals surface area contributed by atoms with Gasteiger partial charge in [0.1, 0.15) is 11.5 Å². The maximum absolute atomic E-state index is 12.7. The van der Waals surface area contributed by atoms with Crippen LogP contribution in [0.1, 0.15) is 15.9 Å². The molecule has 0 saturated carbocycles. The van der Waals surface area contributed by atoms with Gasteiger partial charge in [-0.25, -0.2) is 10.2 Å². The van der Waals surface area contributed by atoms with E-state index in [2.05, 4.69) is 26.5 Å². The number of halogens is 2. The Morgan fingerprint density at radius 1 is 0.971 bits per heavy atom. The lowest BCUT2D eigenvalue weighted by molar-refractivity contribution is -0.123. The third-order valence-electron chi connectivity index (χ3n) is 4.38. The predicted octanol–water partition coefficient (Wildman–Crippen LogP) is 4.87. The Morgan fingerprint density at radius 2 is 1.71 bits per heavy atom. The van der Waals surface area contributed by atoms with E-state index >= 15 is 0 Å². The number of amides is 1. The molecule has 0 radical (unpaired) electrons. The Balaban J connectivity index is 1.66. The van der Waals surface area contributed by atoms with E-state index < -0.39 is 11.9 Å². The van der Waals surface area contributed by atoms with Gasteiger partial charge in [-0.15, -0.1) is 0 Å². The van der Waals surface area contributed by atoms with Crippen molar-refractivity contribution in [3.8, 4) is 23.0 Å². The van der Waals surface area contributed by atoms with Crippen LogP contribution in [0.15, 0.2) is 70.2 Å². The molecular weight excluding hydrogens is 528 g/mol. The van der Waals surface area contributed by atoms with Gasteiger partial charge in [0.2, 0.25) is 0 Å². The Labute approximate surface area is 209 Å². The molecule has 0 spiro atoms. The first-order valence-electron chi connectivity index (χ1n) is 9.84. The van der Waals surface area contributed by atoms with Gasteiger partial charge in [-0.2, -0.15) is 5.10 Å². The van der Waals surface area contributed by atoms with Crippen LogP contribution in [0.25, 0.3) is 0 Å². The highest BCUT2D eigenvalue weighted by molar-refractivity contribution is 9.10. The number of para-hydroxylation sites is 1. The number of carbonyl (C=O) groups is 2. The van der Waals surface area contributed by atoms with E-state index in [4.69, 9.17) is 30.5 Å². The molecule has 0 aromatic heterocycles. The topological polar surface area (TPSA) is 95.5 Å². The normalized spacial score (nSPS) is 10.6. The summed E-state index contributed by atoms with van der Waals surface area (Å²) in [6.07, 6.45) is 1.36. The number of hydrogen-bond acceptors (Lipinski definition) is 7. The van der Waals surface area contributed by atoms with Crippen molar-refractivity contribution in [1.29, 1.82) is 0 Å². The Morgan fingerprint density at radius 3 is 2.44 bits per heavy atom. The van der Waals surface area contributed by atoms with E-state index in [-0.39, 0.29) is 17.9 Å². The van der Waals surface area contributed by atoms with Crippen LogP contribution in [0.2, 0.25) is 5.02 Å². The molecule has 176 valence electrons. The van der Waals surface area contributed by atoms with Crippen LogP contribution < -0.4 is 24.4 Å². The number of nitrogens with one attached hydrogen (secondary N) is 1. The Bertz CT molecular complexity index is 1220. The van der Waals surface area contributed by atoms with Crippen LogP contribution in [-0.4, -0.2) is 38.9 Å². The summed E-state index contributed by atoms with van der Waals surface area (Å²) in [4.78, 5) is 24.7. The van der Waals surface area contributed by atoms with Gasteiger partial charge >= 0.3 is 5.97 Å². The van der Waals surface area contributed by atoms with Gasteiger partial charge in [-0.1, -0.05) is 39.7 Å². The fourth-order valence-corrected chi connectivity index (χ4v) is 3.32. The van der Waals surface area contributed by atoms with Crippen molar-refractivity contribution < 1.29 is 28.5 Å². The van der Waals surface area contributed by atoms with E-state index in [9.17, 15) is 9.59 Å². The van der Waals surface area contributed by atoms with Gasteiger partial charge in [-0.3, -0.25) is 4.79 Å². The summed E-state index contributed by atoms with van der Waals surface area (Å²) >= 11 is 9.36. The molecule has 34 heavy (non-hydrogen) atoms. The molecule has 0 saturated heterocycles. The van der Waals surface area contributed by atoms with Crippen molar-refractivity contribution in [3.63, 3.8) is 0 Å². The van der Waals surface area contributed by atoms with Crippen molar-refractivity contribution in [1.82, 2.24) is 5.43 Å². The second-order valence-corrected chi connectivity index (χ2v) is 7.98. The zero-order chi connectivity index (χ0) is 24.5. The SMILES string of the molecule is COc1ccc(C(=O)Oc2ccc(Br)cc2/C=N\NC(=O)COc2ccccc2Cl)cc1OC. The number of ether oxygens (including phenoxy) is 4. The highest BCUT2D eigenvalue weighted by Crippen LogP contribution is 2.29. The molecule has 0 aliphatic rings. The summed E-state index contributed by atoms with van der Waals surface area (Å²) in [5.74, 6) is 0.430. The lowest BCUT2D eigenvalue weighted by Crippen LogP contribution is -2.24. The van der Waals surface area contributed by atoms with Crippen LogP contribution in [0.3, 0.4) is 0 Å². The standard InChI is InChI=1S/C24H20BrClN2O6/c1-31-21-9-7-15(12-22(21)32-2)24(30)34-19-10-8-17(25)11-16(19)13-27-28-23(29)14-33-20-6-4-3-5-18(20)26/h3-13H,14H2,1-2H3,(H,28,29)/b27-13-. The first kappa shape index (κ1) is 25.1. The Hall–Kier alpha value is -3.56. The van der Waals surface area contributed by atoms with Gasteiger partial charge in [0.15, 0.2) is 18.1 Å². The van der Waals surface area contributed by atoms with Gasteiger partial charge in [0.05, 0.1) is 31.0 Å². The molecule has 3 rings (SSSR count). The molecule has 0 aliphatic heterocycles. The summed E-state index contributed by atoms with van der Waals surface area (Å²) in [5.41, 5.74) is 3.08. The molecule has 0 unspecified atom stereocenters. The molecule has 8 nitrogen and oxygen atoms in total. The van der Waals surface area contributed by atoms with Crippen molar-refractivity contribution in [2.45, 2.75) is 0 Å². The second kappa shape index (κ2) is 12.1. The van der Waals surface area contributed by atoms with Crippen molar-refractivity contribution in [3.05, 3.63) is 81.3 Å². The molecule has 1 amide bonds. The minimum Gasteiger partial charge on any atom is -0.493 e. The second-order valence-electron chi connectivity index (χ2n) is 6.65. The molecular formula is C24H20BrClN2O6. The molecule has 0 atom stereocenters. The van der Waals surface area contributed by atoms with Gasteiger partial charge in [-0.05, 0) is 48.5 Å². The predicted molar refractivity (Wildman–Crippen MR) is 131 cm³/mol. The van der Waals surface area contributed by atoms with Crippen LogP contribution in [0.5, 0.6) is 23.0 Å². The van der Waals surface area contributed by atoms with Crippen LogP contribution in [0.4, 0.5) is 0 Å². The number of benzene rings is 3. The molecule has 0 heterocycles. The molecule has 0 bridgehead atoms. The van der Waals surface area contributed by atoms with Crippen LogP contribution in [0, 0.1) is 0 Å². The Kier molecular flexibility index (Phi) is 8.89. The zero-order valence-electron chi connectivity index (χ0n) is 18.2. The number of hydrazone groups is 1. The van der Waals surface area contributed by atoms with E-state index in [0.29, 0.717) is 27.8 Å². The number of carbonyl (C=O) groups excluding carboxylic acids is 2. The first-order chi connectivity index (χ1) is 16.4. The molecule has 1 N–H and O–H groups in total. The highest BCUT2D eigenvalue weighted by Gasteiger charge is 2.15. The zero-order valence-corrected chi connectivity index (χ0v) is 20.6. The fraction of sp³-hybridized carbons (Fsp3) is 0.125. The van der Waals surface area contributed by atoms with Crippen molar-refractivity contribution in [2.75, 3.05) is 20.8 Å². The van der Waals surface area contributed by atoms with E-state index in [0.717, 1.165) is 4.47 Å². The van der Waals surface area contributed by atoms with Gasteiger partial charge in [0, 0.05) is 10.0 Å². The minimum absolute atomic E-state index is 0.244. The molecule has 3 aromatic rings. The van der Waals surface area contributed by atoms with Gasteiger partial charge < -0.3 is 18.9 Å². The monoisotopic (exact) mass is 546 g/mol. The smallest absolute Gasteiger partial charge is 0.343 e. The van der Waals surface area contributed by atoms with Crippen LogP contribution >= 0.6 is 27.5 Å². The van der Waals surface area contributed by atoms with Crippen molar-refractivity contribution in [2.24, 2.45) is 5.10 Å². The maximum Gasteiger partial charge on any atom is 0.343 e. The quantitative estimate of drug-likeness (QED) is 0.178. The third-order valence-corrected chi connectivity index (χ3v) is 5.19. The lowest BCUT2D eigenvalue weighted by atomic mass is 10.2. The summed E-state index contributed by atoms with van der Waals surface area (Å²) in [6, 6.07) is 16.5. The number of esters is 1. The fourth-order valence-electron chi connectivity index (χ4n) is 2.75. The summed E-state index contributed by atoms with van der Waals surface area (Å²) < 4.78 is 22.0. The largest absolute Gasteiger partial charge is 0.493 e. The van der Waals surface area contributed by atoms with Crippen LogP contribution in [-0.2, 0) is 4.79 Å². The van der Waals surface area contributed by atoms with E-state index in [1.54, 1.807) is 54.6 Å². The number of hydrogen-bond donors (Lipinski definition) is 1. The average molecular weight is 548 g/mol. The highest BCUT2D eigenvalue weighted by atomic mass is 79.9. The van der Waals surface area contributed by atoms with E-state index in [1.807, 2.05) is 0 Å². The summed E-state index contributed by atoms with van der Waals surface area (Å²) in [7, 11) is 2.98. The average Bonchev–Trinajstić information content (AvgIpc) is 2.84. The summed E-state index contributed by atoms with van der Waals surface area (Å²) in [6.45, 7) is -0.277. The van der Waals surface area contributed by atoms with Gasteiger partial charge in [0.25, 0.3) is 5.91 Å². The minimum atomic E-state index is -0.602. The lowest BCUT2D eigenvalue weighted by Gasteiger charge is -2.11.